The Bertz CT molecular complexity index is 578. The van der Waals surface area contributed by atoms with Gasteiger partial charge in [0.2, 0.25) is 11.8 Å². The summed E-state index contributed by atoms with van der Waals surface area (Å²) >= 11 is 0. The molecule has 2 amide bonds. The van der Waals surface area contributed by atoms with Crippen molar-refractivity contribution in [3.8, 4) is 0 Å². The Labute approximate surface area is 128 Å². The molecule has 1 unspecified atom stereocenters. The molecule has 22 heavy (non-hydrogen) atoms. The maximum absolute atomic E-state index is 11.8. The second kappa shape index (κ2) is 6.27. The second-order valence-corrected chi connectivity index (χ2v) is 5.62. The van der Waals surface area contributed by atoms with Crippen LogP contribution in [0.1, 0.15) is 24.3 Å². The van der Waals surface area contributed by atoms with E-state index in [0.717, 1.165) is 30.6 Å². The van der Waals surface area contributed by atoms with Crippen molar-refractivity contribution < 1.29 is 19.1 Å². The molecule has 6 nitrogen and oxygen atoms in total. The van der Waals surface area contributed by atoms with Gasteiger partial charge in [0.15, 0.2) is 0 Å². The summed E-state index contributed by atoms with van der Waals surface area (Å²) in [4.78, 5) is 35.4. The number of nitrogens with zero attached hydrogens (tertiary/aromatic N) is 1. The minimum atomic E-state index is -0.244. The van der Waals surface area contributed by atoms with Crippen LogP contribution in [-0.2, 0) is 19.1 Å². The molecule has 2 aliphatic heterocycles. The third-order valence-electron chi connectivity index (χ3n) is 4.15. The Morgan fingerprint density at radius 1 is 1.23 bits per heavy atom. The fourth-order valence-electron chi connectivity index (χ4n) is 2.86. The zero-order valence-electron chi connectivity index (χ0n) is 12.2. The highest BCUT2D eigenvalue weighted by atomic mass is 16.5. The molecule has 1 atom stereocenters. The number of anilines is 1. The highest BCUT2D eigenvalue weighted by Gasteiger charge is 2.29. The molecule has 0 radical (unpaired) electrons. The van der Waals surface area contributed by atoms with Gasteiger partial charge in [0.05, 0.1) is 12.0 Å². The van der Waals surface area contributed by atoms with Crippen molar-refractivity contribution in [2.24, 2.45) is 0 Å². The van der Waals surface area contributed by atoms with Gasteiger partial charge in [-0.3, -0.25) is 14.9 Å². The summed E-state index contributed by atoms with van der Waals surface area (Å²) in [6, 6.07) is 7.84. The standard InChI is InChI=1S/C16H18N2O4/c19-7-8-22-13-9-18(10-13)12-3-1-11(2-4-12)14-5-6-15(20)17-16(14)21/h1-4,7,13-14H,5-6,8-10H2,(H,17,20,21). The minimum absolute atomic E-state index is 0.111. The lowest BCUT2D eigenvalue weighted by molar-refractivity contribution is -0.134. The smallest absolute Gasteiger partial charge is 0.234 e. The van der Waals surface area contributed by atoms with Crippen LogP contribution in [0.25, 0.3) is 0 Å². The van der Waals surface area contributed by atoms with Crippen molar-refractivity contribution >= 4 is 23.8 Å². The molecule has 1 N–H and O–H groups in total. The Morgan fingerprint density at radius 2 is 1.95 bits per heavy atom. The first-order chi connectivity index (χ1) is 10.7. The lowest BCUT2D eigenvalue weighted by Crippen LogP contribution is -2.52. The van der Waals surface area contributed by atoms with E-state index in [1.54, 1.807) is 0 Å². The average molecular weight is 302 g/mol. The predicted molar refractivity (Wildman–Crippen MR) is 79.6 cm³/mol. The van der Waals surface area contributed by atoms with Crippen LogP contribution in [0.4, 0.5) is 5.69 Å². The summed E-state index contributed by atoms with van der Waals surface area (Å²) in [7, 11) is 0. The number of aldehydes is 1. The highest BCUT2D eigenvalue weighted by Crippen LogP contribution is 2.28. The number of carbonyl (C=O) groups is 3. The van der Waals surface area contributed by atoms with Crippen molar-refractivity contribution in [2.45, 2.75) is 24.9 Å². The lowest BCUT2D eigenvalue weighted by atomic mass is 9.90. The van der Waals surface area contributed by atoms with E-state index < -0.39 is 0 Å². The van der Waals surface area contributed by atoms with E-state index in [-0.39, 0.29) is 30.4 Å². The molecule has 2 heterocycles. The van der Waals surface area contributed by atoms with Crippen LogP contribution >= 0.6 is 0 Å². The van der Waals surface area contributed by atoms with Crippen LogP contribution < -0.4 is 10.2 Å². The molecule has 0 saturated carbocycles. The molecule has 1 aromatic carbocycles. The van der Waals surface area contributed by atoms with Crippen molar-refractivity contribution in [2.75, 3.05) is 24.6 Å². The summed E-state index contributed by atoms with van der Waals surface area (Å²) < 4.78 is 5.33. The molecule has 1 aromatic rings. The topological polar surface area (TPSA) is 75.7 Å². The van der Waals surface area contributed by atoms with E-state index in [1.807, 2.05) is 24.3 Å². The molecule has 3 rings (SSSR count). The summed E-state index contributed by atoms with van der Waals surface area (Å²) in [6.45, 7) is 1.68. The van der Waals surface area contributed by atoms with Crippen molar-refractivity contribution in [3.63, 3.8) is 0 Å². The molecule has 0 aromatic heterocycles. The maximum atomic E-state index is 11.8. The number of piperidine rings is 1. The number of hydrogen-bond acceptors (Lipinski definition) is 5. The molecule has 116 valence electrons. The SMILES string of the molecule is O=CCOC1CN(c2ccc(C3CCC(=O)NC3=O)cc2)C1. The van der Waals surface area contributed by atoms with Gasteiger partial charge in [-0.15, -0.1) is 0 Å². The predicted octanol–water partition coefficient (Wildman–Crippen LogP) is 0.611. The van der Waals surface area contributed by atoms with E-state index in [4.69, 9.17) is 4.74 Å². The Kier molecular flexibility index (Phi) is 4.20. The van der Waals surface area contributed by atoms with Gasteiger partial charge in [-0.1, -0.05) is 12.1 Å². The zero-order valence-corrected chi connectivity index (χ0v) is 12.2. The monoisotopic (exact) mass is 302 g/mol. The first-order valence-corrected chi connectivity index (χ1v) is 7.41. The summed E-state index contributed by atoms with van der Waals surface area (Å²) in [6.07, 6.45) is 1.83. The zero-order chi connectivity index (χ0) is 15.5. The molecule has 2 aliphatic rings. The van der Waals surface area contributed by atoms with Crippen LogP contribution in [0.2, 0.25) is 0 Å². The van der Waals surface area contributed by atoms with E-state index in [1.165, 1.54) is 0 Å². The van der Waals surface area contributed by atoms with Crippen molar-refractivity contribution in [1.82, 2.24) is 5.32 Å². The first kappa shape index (κ1) is 14.7. The third-order valence-corrected chi connectivity index (χ3v) is 4.15. The number of carbonyl (C=O) groups excluding carboxylic acids is 3. The fraction of sp³-hybridized carbons (Fsp3) is 0.438. The van der Waals surface area contributed by atoms with Gasteiger partial charge in [0, 0.05) is 25.2 Å². The van der Waals surface area contributed by atoms with Gasteiger partial charge < -0.3 is 14.4 Å². The van der Waals surface area contributed by atoms with Crippen LogP contribution in [0.3, 0.4) is 0 Å². The summed E-state index contributed by atoms with van der Waals surface area (Å²) in [5, 5.41) is 2.38. The number of ether oxygens (including phenoxy) is 1. The largest absolute Gasteiger partial charge is 0.367 e. The van der Waals surface area contributed by atoms with Gasteiger partial charge >= 0.3 is 0 Å². The molecular formula is C16H18N2O4. The summed E-state index contributed by atoms with van der Waals surface area (Å²) in [5.41, 5.74) is 2.00. The number of nitrogens with one attached hydrogen (secondary N) is 1. The van der Waals surface area contributed by atoms with Gasteiger partial charge in [-0.2, -0.15) is 0 Å². The molecule has 0 aliphatic carbocycles. The molecule has 2 fully saturated rings. The molecule has 0 spiro atoms. The van der Waals surface area contributed by atoms with E-state index >= 15 is 0 Å². The van der Waals surface area contributed by atoms with Gasteiger partial charge in [-0.05, 0) is 24.1 Å². The third kappa shape index (κ3) is 3.01. The summed E-state index contributed by atoms with van der Waals surface area (Å²) in [5.74, 6) is -0.651. The maximum Gasteiger partial charge on any atom is 0.234 e. The van der Waals surface area contributed by atoms with Crippen LogP contribution in [-0.4, -0.2) is 43.9 Å². The fourth-order valence-corrected chi connectivity index (χ4v) is 2.86. The minimum Gasteiger partial charge on any atom is -0.367 e. The Morgan fingerprint density at radius 3 is 2.59 bits per heavy atom. The first-order valence-electron chi connectivity index (χ1n) is 7.41. The van der Waals surface area contributed by atoms with E-state index in [9.17, 15) is 14.4 Å². The van der Waals surface area contributed by atoms with Crippen molar-refractivity contribution in [1.29, 1.82) is 0 Å². The van der Waals surface area contributed by atoms with E-state index in [2.05, 4.69) is 10.2 Å². The molecule has 0 bridgehead atoms. The van der Waals surface area contributed by atoms with Crippen LogP contribution in [0, 0.1) is 0 Å². The quantitative estimate of drug-likeness (QED) is 0.637. The second-order valence-electron chi connectivity index (χ2n) is 5.62. The Hall–Kier alpha value is -2.21. The van der Waals surface area contributed by atoms with Gasteiger partial charge in [0.1, 0.15) is 12.9 Å². The lowest BCUT2D eigenvalue weighted by Gasteiger charge is -2.40. The van der Waals surface area contributed by atoms with Gasteiger partial charge in [-0.25, -0.2) is 0 Å². The van der Waals surface area contributed by atoms with Crippen molar-refractivity contribution in [3.05, 3.63) is 29.8 Å². The molecule has 2 saturated heterocycles. The highest BCUT2D eigenvalue weighted by molar-refractivity contribution is 6.00. The number of imide groups is 1. The number of amides is 2. The average Bonchev–Trinajstić information content (AvgIpc) is 2.47. The molecular weight excluding hydrogens is 284 g/mol. The van der Waals surface area contributed by atoms with Crippen LogP contribution in [0.15, 0.2) is 24.3 Å². The number of benzene rings is 1. The van der Waals surface area contributed by atoms with E-state index in [0.29, 0.717) is 12.8 Å². The van der Waals surface area contributed by atoms with Gasteiger partial charge in [0.25, 0.3) is 0 Å². The Balaban J connectivity index is 1.58. The van der Waals surface area contributed by atoms with Crippen LogP contribution in [0.5, 0.6) is 0 Å². The normalized spacial score (nSPS) is 22.2. The molecule has 6 heteroatoms. The number of hydrogen-bond donors (Lipinski definition) is 1. The number of rotatable bonds is 5.